The van der Waals surface area contributed by atoms with E-state index in [2.05, 4.69) is 0 Å². The number of Topliss-reactive ketones (excluding diaryl/α,β-unsaturated/α-hetero) is 1. The summed E-state index contributed by atoms with van der Waals surface area (Å²) in [5.41, 5.74) is -0.295. The van der Waals surface area contributed by atoms with Gasteiger partial charge in [0.1, 0.15) is 5.76 Å². The number of fused-ring (bicyclic) bond motifs is 2. The fourth-order valence-corrected chi connectivity index (χ4v) is 3.46. The summed E-state index contributed by atoms with van der Waals surface area (Å²) < 4.78 is 4.74. The van der Waals surface area contributed by atoms with E-state index in [1.54, 1.807) is 6.92 Å². The highest BCUT2D eigenvalue weighted by atomic mass is 16.5. The number of aliphatic hydroxyl groups is 1. The van der Waals surface area contributed by atoms with Gasteiger partial charge < -0.3 is 9.84 Å². The van der Waals surface area contributed by atoms with Gasteiger partial charge in [0.05, 0.1) is 6.61 Å². The molecule has 2 atom stereocenters. The lowest BCUT2D eigenvalue weighted by molar-refractivity contribution is -0.152. The van der Waals surface area contributed by atoms with Crippen molar-refractivity contribution in [2.45, 2.75) is 40.5 Å². The lowest BCUT2D eigenvalue weighted by Gasteiger charge is -2.34. The number of ketones is 1. The number of carbonyl (C=O) groups excluding carboxylic acids is 2. The minimum atomic E-state index is -0.856. The number of hydrogen-bond acceptors (Lipinski definition) is 4. The summed E-state index contributed by atoms with van der Waals surface area (Å²) in [6.45, 7) is 7.89. The van der Waals surface area contributed by atoms with Crippen LogP contribution in [0.1, 0.15) is 40.5 Å². The Labute approximate surface area is 107 Å². The van der Waals surface area contributed by atoms with Gasteiger partial charge in [-0.1, -0.05) is 20.8 Å². The van der Waals surface area contributed by atoms with Crippen molar-refractivity contribution in [3.05, 3.63) is 11.3 Å². The SMILES string of the molecule is CCOC(=O)C(=O)C1=C(O)C2(C)CCC1C2(C)C. The largest absolute Gasteiger partial charge is 0.511 e. The highest BCUT2D eigenvalue weighted by Crippen LogP contribution is 2.67. The summed E-state index contributed by atoms with van der Waals surface area (Å²) in [5.74, 6) is -1.47. The van der Waals surface area contributed by atoms with Crippen LogP contribution in [0.15, 0.2) is 11.3 Å². The topological polar surface area (TPSA) is 63.6 Å². The lowest BCUT2D eigenvalue weighted by Crippen LogP contribution is -2.30. The second kappa shape index (κ2) is 3.84. The molecule has 4 nitrogen and oxygen atoms in total. The van der Waals surface area contributed by atoms with Crippen LogP contribution in [-0.4, -0.2) is 23.5 Å². The summed E-state index contributed by atoms with van der Waals surface area (Å²) >= 11 is 0. The van der Waals surface area contributed by atoms with Crippen LogP contribution in [0, 0.1) is 16.7 Å². The lowest BCUT2D eigenvalue weighted by atomic mass is 9.69. The molecule has 2 rings (SSSR count). The molecule has 0 saturated heterocycles. The summed E-state index contributed by atoms with van der Waals surface area (Å²) in [6, 6.07) is 0. The molecule has 2 aliphatic carbocycles. The van der Waals surface area contributed by atoms with E-state index in [0.29, 0.717) is 0 Å². The normalized spacial score (nSPS) is 32.8. The standard InChI is InChI=1S/C14H20O4/c1-5-18-12(17)10(15)9-8-6-7-14(4,11(9)16)13(8,2)3/h8,16H,5-7H2,1-4H3. The van der Waals surface area contributed by atoms with Gasteiger partial charge in [0, 0.05) is 11.0 Å². The van der Waals surface area contributed by atoms with Crippen LogP contribution in [0.5, 0.6) is 0 Å². The highest BCUT2D eigenvalue weighted by molar-refractivity contribution is 6.40. The molecule has 4 heteroatoms. The second-order valence-electron chi connectivity index (χ2n) is 5.96. The Balaban J connectivity index is 2.39. The number of esters is 1. The molecule has 0 radical (unpaired) electrons. The molecule has 2 unspecified atom stereocenters. The Bertz CT molecular complexity index is 447. The third kappa shape index (κ3) is 1.38. The number of allylic oxidation sites excluding steroid dienone is 1. The van der Waals surface area contributed by atoms with Gasteiger partial charge in [0.25, 0.3) is 5.78 Å². The predicted molar refractivity (Wildman–Crippen MR) is 65.9 cm³/mol. The maximum atomic E-state index is 12.1. The van der Waals surface area contributed by atoms with Crippen molar-refractivity contribution in [2.24, 2.45) is 16.7 Å². The Morgan fingerprint density at radius 2 is 2.00 bits per heavy atom. The molecule has 1 saturated carbocycles. The van der Waals surface area contributed by atoms with Crippen LogP contribution in [0.2, 0.25) is 0 Å². The molecular weight excluding hydrogens is 232 g/mol. The number of rotatable bonds is 3. The monoisotopic (exact) mass is 252 g/mol. The van der Waals surface area contributed by atoms with Crippen LogP contribution < -0.4 is 0 Å². The summed E-state index contributed by atoms with van der Waals surface area (Å²) in [7, 11) is 0. The van der Waals surface area contributed by atoms with Crippen molar-refractivity contribution in [1.82, 2.24) is 0 Å². The summed E-state index contributed by atoms with van der Waals surface area (Å²) in [5, 5.41) is 10.3. The predicted octanol–water partition coefficient (Wildman–Crippen LogP) is 2.39. The number of carbonyl (C=O) groups is 2. The number of aliphatic hydroxyl groups excluding tert-OH is 1. The van der Waals surface area contributed by atoms with E-state index in [4.69, 9.17) is 4.74 Å². The van der Waals surface area contributed by atoms with E-state index in [9.17, 15) is 14.7 Å². The summed E-state index contributed by atoms with van der Waals surface area (Å²) in [4.78, 5) is 23.6. The van der Waals surface area contributed by atoms with Gasteiger partial charge in [0.2, 0.25) is 0 Å². The molecule has 1 fully saturated rings. The first-order valence-electron chi connectivity index (χ1n) is 6.42. The third-order valence-corrected chi connectivity index (χ3v) is 5.06. The summed E-state index contributed by atoms with van der Waals surface area (Å²) in [6.07, 6.45) is 1.70. The van der Waals surface area contributed by atoms with Crippen LogP contribution in [0.4, 0.5) is 0 Å². The Kier molecular flexibility index (Phi) is 2.80. The average Bonchev–Trinajstić information content (AvgIpc) is 2.60. The van der Waals surface area contributed by atoms with Gasteiger partial charge in [-0.3, -0.25) is 4.79 Å². The average molecular weight is 252 g/mol. The number of ether oxygens (including phenoxy) is 1. The smallest absolute Gasteiger partial charge is 0.379 e. The zero-order chi connectivity index (χ0) is 13.7. The van der Waals surface area contributed by atoms with Crippen molar-refractivity contribution in [3.8, 4) is 0 Å². The molecule has 0 heterocycles. The molecule has 0 aromatic heterocycles. The van der Waals surface area contributed by atoms with Gasteiger partial charge >= 0.3 is 5.97 Å². The van der Waals surface area contributed by atoms with Crippen LogP contribution >= 0.6 is 0 Å². The van der Waals surface area contributed by atoms with E-state index in [1.165, 1.54) is 0 Å². The molecule has 0 spiro atoms. The van der Waals surface area contributed by atoms with Gasteiger partial charge in [-0.25, -0.2) is 4.79 Å². The quantitative estimate of drug-likeness (QED) is 0.618. The molecule has 2 bridgehead atoms. The minimum absolute atomic E-state index is 0.0422. The Hall–Kier alpha value is -1.32. The Morgan fingerprint density at radius 1 is 1.39 bits per heavy atom. The van der Waals surface area contributed by atoms with Crippen molar-refractivity contribution in [1.29, 1.82) is 0 Å². The second-order valence-corrected chi connectivity index (χ2v) is 5.96. The van der Waals surface area contributed by atoms with Crippen LogP contribution in [-0.2, 0) is 14.3 Å². The molecule has 0 amide bonds. The van der Waals surface area contributed by atoms with E-state index in [0.717, 1.165) is 12.8 Å². The van der Waals surface area contributed by atoms with Crippen molar-refractivity contribution in [2.75, 3.05) is 6.61 Å². The first-order valence-corrected chi connectivity index (χ1v) is 6.42. The molecule has 0 aromatic rings. The maximum Gasteiger partial charge on any atom is 0.379 e. The van der Waals surface area contributed by atoms with Crippen LogP contribution in [0.25, 0.3) is 0 Å². The minimum Gasteiger partial charge on any atom is -0.511 e. The zero-order valence-electron chi connectivity index (χ0n) is 11.4. The van der Waals surface area contributed by atoms with Crippen molar-refractivity contribution >= 4 is 11.8 Å². The fourth-order valence-electron chi connectivity index (χ4n) is 3.46. The van der Waals surface area contributed by atoms with Gasteiger partial charge in [-0.2, -0.15) is 0 Å². The molecule has 1 N–H and O–H groups in total. The molecule has 100 valence electrons. The van der Waals surface area contributed by atoms with Gasteiger partial charge in [-0.15, -0.1) is 0 Å². The van der Waals surface area contributed by atoms with E-state index < -0.39 is 17.2 Å². The fraction of sp³-hybridized carbons (Fsp3) is 0.714. The van der Waals surface area contributed by atoms with Crippen molar-refractivity contribution in [3.63, 3.8) is 0 Å². The first-order chi connectivity index (χ1) is 8.27. The Morgan fingerprint density at radius 3 is 2.44 bits per heavy atom. The zero-order valence-corrected chi connectivity index (χ0v) is 11.4. The first kappa shape index (κ1) is 13.1. The van der Waals surface area contributed by atoms with E-state index in [-0.39, 0.29) is 29.3 Å². The molecular formula is C14H20O4. The maximum absolute atomic E-state index is 12.1. The molecule has 18 heavy (non-hydrogen) atoms. The molecule has 0 aliphatic heterocycles. The third-order valence-electron chi connectivity index (χ3n) is 5.06. The van der Waals surface area contributed by atoms with E-state index in [1.807, 2.05) is 20.8 Å². The molecule has 0 aromatic carbocycles. The van der Waals surface area contributed by atoms with Gasteiger partial charge in [-0.05, 0) is 31.1 Å². The van der Waals surface area contributed by atoms with Crippen LogP contribution in [0.3, 0.4) is 0 Å². The highest BCUT2D eigenvalue weighted by Gasteiger charge is 2.63. The molecule has 2 aliphatic rings. The van der Waals surface area contributed by atoms with Crippen molar-refractivity contribution < 1.29 is 19.4 Å². The van der Waals surface area contributed by atoms with E-state index >= 15 is 0 Å². The van der Waals surface area contributed by atoms with Gasteiger partial charge in [0.15, 0.2) is 0 Å². The number of hydrogen-bond donors (Lipinski definition) is 1.